The molecule has 2 atom stereocenters. The largest absolute Gasteiger partial charge is 0.395 e. The summed E-state index contributed by atoms with van der Waals surface area (Å²) in [6, 6.07) is 13.8. The minimum absolute atomic E-state index is 0.0421. The van der Waals surface area contributed by atoms with Crippen LogP contribution >= 0.6 is 0 Å². The fourth-order valence-electron chi connectivity index (χ4n) is 3.24. The van der Waals surface area contributed by atoms with E-state index in [0.717, 1.165) is 24.2 Å². The fraction of sp³-hybridized carbons (Fsp3) is 0.350. The first-order valence-electron chi connectivity index (χ1n) is 8.75. The molecular weight excluding hydrogens is 333 g/mol. The van der Waals surface area contributed by atoms with Gasteiger partial charge in [-0.05, 0) is 49.4 Å². The van der Waals surface area contributed by atoms with Crippen LogP contribution in [0.3, 0.4) is 0 Å². The van der Waals surface area contributed by atoms with Gasteiger partial charge in [-0.15, -0.1) is 0 Å². The second kappa shape index (κ2) is 8.29. The van der Waals surface area contributed by atoms with Crippen molar-refractivity contribution in [2.45, 2.75) is 25.0 Å². The Labute approximate surface area is 152 Å². The maximum atomic E-state index is 12.9. The van der Waals surface area contributed by atoms with Crippen LogP contribution in [0.25, 0.3) is 0 Å². The first-order valence-corrected chi connectivity index (χ1v) is 8.75. The summed E-state index contributed by atoms with van der Waals surface area (Å²) in [5.41, 5.74) is 2.38. The topological polar surface area (TPSA) is 64.6 Å². The van der Waals surface area contributed by atoms with Crippen molar-refractivity contribution in [3.63, 3.8) is 0 Å². The minimum Gasteiger partial charge on any atom is -0.395 e. The second-order valence-corrected chi connectivity index (χ2v) is 6.74. The molecule has 6 heteroatoms. The van der Waals surface area contributed by atoms with E-state index >= 15 is 0 Å². The fourth-order valence-corrected chi connectivity index (χ4v) is 3.24. The number of nitrogens with one attached hydrogen (secondary N) is 2. The van der Waals surface area contributed by atoms with Crippen LogP contribution in [-0.2, 0) is 6.54 Å². The molecule has 1 aliphatic heterocycles. The van der Waals surface area contributed by atoms with Gasteiger partial charge in [-0.2, -0.15) is 0 Å². The number of carbonyl (C=O) groups is 1. The van der Waals surface area contributed by atoms with Crippen molar-refractivity contribution < 1.29 is 14.3 Å². The van der Waals surface area contributed by atoms with Gasteiger partial charge in [-0.25, -0.2) is 4.39 Å². The molecule has 2 aromatic rings. The number of aliphatic hydroxyl groups is 1. The number of benzene rings is 2. The molecule has 3 rings (SSSR count). The first-order chi connectivity index (χ1) is 12.5. The van der Waals surface area contributed by atoms with Crippen molar-refractivity contribution in [1.29, 1.82) is 0 Å². The molecule has 1 fully saturated rings. The molecule has 1 saturated heterocycles. The van der Waals surface area contributed by atoms with Gasteiger partial charge in [0.25, 0.3) is 5.91 Å². The predicted molar refractivity (Wildman–Crippen MR) is 99.5 cm³/mol. The highest BCUT2D eigenvalue weighted by Gasteiger charge is 2.29. The third kappa shape index (κ3) is 4.59. The van der Waals surface area contributed by atoms with Crippen molar-refractivity contribution in [3.8, 4) is 0 Å². The maximum Gasteiger partial charge on any atom is 0.251 e. The summed E-state index contributed by atoms with van der Waals surface area (Å²) in [5, 5.41) is 15.6. The Hall–Kier alpha value is -2.44. The summed E-state index contributed by atoms with van der Waals surface area (Å²) < 4.78 is 12.9. The van der Waals surface area contributed by atoms with Gasteiger partial charge < -0.3 is 15.7 Å². The van der Waals surface area contributed by atoms with E-state index < -0.39 is 0 Å². The van der Waals surface area contributed by atoms with E-state index in [1.807, 2.05) is 19.2 Å². The molecule has 2 aromatic carbocycles. The Kier molecular flexibility index (Phi) is 5.85. The van der Waals surface area contributed by atoms with Crippen LogP contribution in [0.1, 0.15) is 22.3 Å². The van der Waals surface area contributed by atoms with E-state index in [1.54, 1.807) is 24.3 Å². The van der Waals surface area contributed by atoms with Crippen molar-refractivity contribution in [3.05, 3.63) is 65.5 Å². The highest BCUT2D eigenvalue weighted by atomic mass is 19.1. The average molecular weight is 357 g/mol. The molecule has 0 unspecified atom stereocenters. The number of nitrogens with zero attached hydrogens (tertiary/aromatic N) is 1. The lowest BCUT2D eigenvalue weighted by Gasteiger charge is -2.15. The number of halogens is 1. The van der Waals surface area contributed by atoms with Gasteiger partial charge in [-0.3, -0.25) is 9.69 Å². The highest BCUT2D eigenvalue weighted by molar-refractivity contribution is 5.95. The number of anilines is 1. The number of amides is 1. The summed E-state index contributed by atoms with van der Waals surface area (Å²) in [4.78, 5) is 14.6. The lowest BCUT2D eigenvalue weighted by atomic mass is 10.1. The predicted octanol–water partition coefficient (Wildman–Crippen LogP) is 2.23. The summed E-state index contributed by atoms with van der Waals surface area (Å²) >= 11 is 0. The lowest BCUT2D eigenvalue weighted by Crippen LogP contribution is -2.36. The van der Waals surface area contributed by atoms with E-state index in [0.29, 0.717) is 12.1 Å². The Morgan fingerprint density at radius 2 is 2.04 bits per heavy atom. The minimum atomic E-state index is -0.256. The molecule has 0 radical (unpaired) electrons. The number of aliphatic hydroxyl groups excluding tert-OH is 1. The highest BCUT2D eigenvalue weighted by Crippen LogP contribution is 2.17. The van der Waals surface area contributed by atoms with Gasteiger partial charge in [0.1, 0.15) is 5.82 Å². The van der Waals surface area contributed by atoms with E-state index in [1.165, 1.54) is 12.1 Å². The molecule has 0 aromatic heterocycles. The number of carbonyl (C=O) groups excluding carboxylic acids is 1. The van der Waals surface area contributed by atoms with E-state index in [9.17, 15) is 14.3 Å². The van der Waals surface area contributed by atoms with Gasteiger partial charge >= 0.3 is 0 Å². The molecule has 0 aliphatic carbocycles. The Balaban J connectivity index is 1.58. The van der Waals surface area contributed by atoms with Crippen LogP contribution in [0.4, 0.5) is 10.1 Å². The smallest absolute Gasteiger partial charge is 0.251 e. The van der Waals surface area contributed by atoms with Crippen LogP contribution in [0.2, 0.25) is 0 Å². The van der Waals surface area contributed by atoms with Crippen LogP contribution in [0.15, 0.2) is 48.5 Å². The Morgan fingerprint density at radius 3 is 2.73 bits per heavy atom. The maximum absolute atomic E-state index is 12.9. The molecule has 0 spiro atoms. The van der Waals surface area contributed by atoms with Crippen molar-refractivity contribution in [2.75, 3.05) is 25.5 Å². The number of likely N-dealkylation sites (tertiary alicyclic amines) is 1. The molecule has 3 N–H and O–H groups in total. The van der Waals surface area contributed by atoms with Crippen molar-refractivity contribution in [1.82, 2.24) is 10.2 Å². The van der Waals surface area contributed by atoms with Crippen molar-refractivity contribution >= 4 is 11.6 Å². The SMILES string of the molecule is CN1C[C@H](NC(=O)c2cccc(NCc3ccc(F)cc3)c2)C[C@H]1CO. The summed E-state index contributed by atoms with van der Waals surface area (Å²) in [7, 11) is 1.95. The molecule has 1 amide bonds. The molecule has 1 heterocycles. The first kappa shape index (κ1) is 18.4. The molecule has 0 bridgehead atoms. The number of hydrogen-bond acceptors (Lipinski definition) is 4. The van der Waals surface area contributed by atoms with E-state index in [-0.39, 0.29) is 30.4 Å². The van der Waals surface area contributed by atoms with E-state index in [4.69, 9.17) is 0 Å². The van der Waals surface area contributed by atoms with Crippen LogP contribution < -0.4 is 10.6 Å². The molecule has 0 saturated carbocycles. The second-order valence-electron chi connectivity index (χ2n) is 6.74. The zero-order valence-corrected chi connectivity index (χ0v) is 14.8. The molecule has 138 valence electrons. The van der Waals surface area contributed by atoms with Gasteiger partial charge in [0.15, 0.2) is 0 Å². The quantitative estimate of drug-likeness (QED) is 0.742. The van der Waals surface area contributed by atoms with Gasteiger partial charge in [0.2, 0.25) is 0 Å². The number of hydrogen-bond donors (Lipinski definition) is 3. The van der Waals surface area contributed by atoms with E-state index in [2.05, 4.69) is 15.5 Å². The number of likely N-dealkylation sites (N-methyl/N-ethyl adjacent to an activating group) is 1. The van der Waals surface area contributed by atoms with Crippen LogP contribution in [0.5, 0.6) is 0 Å². The van der Waals surface area contributed by atoms with Gasteiger partial charge in [-0.1, -0.05) is 18.2 Å². The van der Waals surface area contributed by atoms with Crippen LogP contribution in [-0.4, -0.2) is 48.2 Å². The Bertz CT molecular complexity index is 751. The van der Waals surface area contributed by atoms with Crippen molar-refractivity contribution in [2.24, 2.45) is 0 Å². The summed E-state index contributed by atoms with van der Waals surface area (Å²) in [6.45, 7) is 1.39. The normalized spacial score (nSPS) is 20.1. The van der Waals surface area contributed by atoms with Gasteiger partial charge in [0.05, 0.1) is 6.61 Å². The van der Waals surface area contributed by atoms with Crippen LogP contribution in [0, 0.1) is 5.82 Å². The molecule has 1 aliphatic rings. The third-order valence-electron chi connectivity index (χ3n) is 4.77. The zero-order chi connectivity index (χ0) is 18.5. The third-order valence-corrected chi connectivity index (χ3v) is 4.77. The molecular formula is C20H24FN3O2. The number of rotatable bonds is 6. The Morgan fingerprint density at radius 1 is 1.27 bits per heavy atom. The molecule has 5 nitrogen and oxygen atoms in total. The summed E-state index contributed by atoms with van der Waals surface area (Å²) in [5.74, 6) is -0.374. The monoisotopic (exact) mass is 357 g/mol. The zero-order valence-electron chi connectivity index (χ0n) is 14.8. The lowest BCUT2D eigenvalue weighted by molar-refractivity contribution is 0.0938. The standard InChI is InChI=1S/C20H24FN3O2/c1-24-12-18(10-19(24)13-25)23-20(26)15-3-2-4-17(9-15)22-11-14-5-7-16(21)8-6-14/h2-9,18-19,22,25H,10-13H2,1H3,(H,23,26)/t18-,19+/m1/s1. The van der Waals surface area contributed by atoms with Gasteiger partial charge in [0, 0.05) is 36.4 Å². The summed E-state index contributed by atoms with van der Waals surface area (Å²) in [6.07, 6.45) is 0.751. The average Bonchev–Trinajstić information content (AvgIpc) is 3.00. The molecule has 26 heavy (non-hydrogen) atoms.